The highest BCUT2D eigenvalue weighted by molar-refractivity contribution is 5.53. The molecule has 0 spiro atoms. The highest BCUT2D eigenvalue weighted by atomic mass is 16.5. The Kier molecular flexibility index (Phi) is 2.06. The van der Waals surface area contributed by atoms with Crippen LogP contribution in [0.15, 0.2) is 36.5 Å². The Balaban J connectivity index is 1.92. The van der Waals surface area contributed by atoms with Crippen LogP contribution in [-0.2, 0) is 0 Å². The summed E-state index contributed by atoms with van der Waals surface area (Å²) in [7, 11) is 2.04. The molecule has 1 atom stereocenters. The normalized spacial score (nSPS) is 19.1. The van der Waals surface area contributed by atoms with Crippen molar-refractivity contribution in [3.8, 4) is 5.75 Å². The number of aromatic nitrogens is 2. The van der Waals surface area contributed by atoms with Crippen LogP contribution >= 0.6 is 0 Å². The number of hydrogen-bond donors (Lipinski definition) is 1. The second-order valence-electron chi connectivity index (χ2n) is 3.98. The molecule has 0 radical (unpaired) electrons. The van der Waals surface area contributed by atoms with Crippen molar-refractivity contribution in [1.29, 1.82) is 0 Å². The average molecular weight is 215 g/mol. The summed E-state index contributed by atoms with van der Waals surface area (Å²) in [5.41, 5.74) is 1.20. The lowest BCUT2D eigenvalue weighted by Crippen LogP contribution is -2.31. The Morgan fingerprint density at radius 3 is 3.00 bits per heavy atom. The van der Waals surface area contributed by atoms with Gasteiger partial charge >= 0.3 is 0 Å². The molecule has 82 valence electrons. The van der Waals surface area contributed by atoms with Gasteiger partial charge in [0.25, 0.3) is 0 Å². The number of anilines is 1. The molecule has 3 rings (SSSR count). The van der Waals surface area contributed by atoms with E-state index in [0.717, 1.165) is 18.1 Å². The monoisotopic (exact) mass is 215 g/mol. The van der Waals surface area contributed by atoms with Gasteiger partial charge in [-0.25, -0.2) is 0 Å². The van der Waals surface area contributed by atoms with E-state index < -0.39 is 0 Å². The molecule has 0 bridgehead atoms. The van der Waals surface area contributed by atoms with E-state index in [9.17, 15) is 0 Å². The first-order valence-corrected chi connectivity index (χ1v) is 5.30. The number of nitrogens with one attached hydrogen (secondary N) is 1. The first-order valence-electron chi connectivity index (χ1n) is 5.30. The van der Waals surface area contributed by atoms with E-state index in [1.165, 1.54) is 5.56 Å². The molecule has 0 aliphatic carbocycles. The van der Waals surface area contributed by atoms with Gasteiger partial charge in [-0.1, -0.05) is 30.3 Å². The number of aromatic amines is 1. The molecule has 1 N–H and O–H groups in total. The molecule has 1 aliphatic rings. The number of fused-ring (bicyclic) bond motifs is 1. The molecule has 1 aromatic carbocycles. The summed E-state index contributed by atoms with van der Waals surface area (Å²) in [5, 5.41) is 6.92. The molecule has 1 aromatic heterocycles. The molecule has 2 aromatic rings. The zero-order valence-corrected chi connectivity index (χ0v) is 9.05. The van der Waals surface area contributed by atoms with Gasteiger partial charge in [0.05, 0.1) is 12.7 Å². The van der Waals surface area contributed by atoms with E-state index >= 15 is 0 Å². The predicted octanol–water partition coefficient (Wildman–Crippen LogP) is 1.98. The first-order chi connectivity index (χ1) is 7.84. The van der Waals surface area contributed by atoms with Gasteiger partial charge < -0.3 is 9.64 Å². The lowest BCUT2D eigenvalue weighted by Gasteiger charge is -2.31. The van der Waals surface area contributed by atoms with Gasteiger partial charge in [0, 0.05) is 7.05 Å². The van der Waals surface area contributed by atoms with Gasteiger partial charge in [0.1, 0.15) is 6.10 Å². The number of ether oxygens (including phenoxy) is 1. The third kappa shape index (κ3) is 1.43. The number of rotatable bonds is 1. The smallest absolute Gasteiger partial charge is 0.182 e. The minimum absolute atomic E-state index is 0.0799. The molecule has 16 heavy (non-hydrogen) atoms. The number of hydrogen-bond acceptors (Lipinski definition) is 3. The van der Waals surface area contributed by atoms with Gasteiger partial charge in [-0.2, -0.15) is 5.10 Å². The fraction of sp³-hybridized carbons (Fsp3) is 0.250. The molecular formula is C12H13N3O. The summed E-state index contributed by atoms with van der Waals surface area (Å²) in [6, 6.07) is 10.2. The van der Waals surface area contributed by atoms with Crippen molar-refractivity contribution in [2.45, 2.75) is 6.10 Å². The van der Waals surface area contributed by atoms with Gasteiger partial charge in [0.15, 0.2) is 11.6 Å². The minimum Gasteiger partial charge on any atom is -0.478 e. The van der Waals surface area contributed by atoms with Crippen LogP contribution in [-0.4, -0.2) is 23.8 Å². The summed E-state index contributed by atoms with van der Waals surface area (Å²) < 4.78 is 5.89. The van der Waals surface area contributed by atoms with Crippen molar-refractivity contribution >= 4 is 5.82 Å². The predicted molar refractivity (Wildman–Crippen MR) is 61.7 cm³/mol. The Bertz CT molecular complexity index is 480. The van der Waals surface area contributed by atoms with Crippen LogP contribution in [0.1, 0.15) is 11.7 Å². The Morgan fingerprint density at radius 1 is 1.38 bits per heavy atom. The molecular weight excluding hydrogens is 202 g/mol. The van der Waals surface area contributed by atoms with Crippen molar-refractivity contribution in [3.63, 3.8) is 0 Å². The van der Waals surface area contributed by atoms with Gasteiger partial charge in [-0.05, 0) is 5.56 Å². The maximum absolute atomic E-state index is 5.89. The number of nitrogens with zero attached hydrogens (tertiary/aromatic N) is 2. The van der Waals surface area contributed by atoms with Crippen LogP contribution in [0.4, 0.5) is 5.82 Å². The largest absolute Gasteiger partial charge is 0.478 e. The third-order valence-electron chi connectivity index (χ3n) is 2.85. The van der Waals surface area contributed by atoms with Crippen molar-refractivity contribution in [2.75, 3.05) is 18.5 Å². The maximum atomic E-state index is 5.89. The molecule has 2 heterocycles. The van der Waals surface area contributed by atoms with Crippen molar-refractivity contribution in [2.24, 2.45) is 0 Å². The van der Waals surface area contributed by atoms with E-state index in [1.807, 2.05) is 25.2 Å². The van der Waals surface area contributed by atoms with Crippen molar-refractivity contribution < 1.29 is 4.74 Å². The lowest BCUT2D eigenvalue weighted by molar-refractivity contribution is 0.200. The summed E-state index contributed by atoms with van der Waals surface area (Å²) in [6.45, 7) is 0.833. The van der Waals surface area contributed by atoms with E-state index in [0.29, 0.717) is 0 Å². The Hall–Kier alpha value is -1.97. The zero-order valence-electron chi connectivity index (χ0n) is 9.05. The molecule has 0 amide bonds. The molecule has 4 heteroatoms. The second-order valence-corrected chi connectivity index (χ2v) is 3.98. The lowest BCUT2D eigenvalue weighted by atomic mass is 10.1. The fourth-order valence-electron chi connectivity index (χ4n) is 2.00. The van der Waals surface area contributed by atoms with Crippen LogP contribution < -0.4 is 9.64 Å². The van der Waals surface area contributed by atoms with E-state index in [4.69, 9.17) is 4.74 Å². The van der Waals surface area contributed by atoms with Gasteiger partial charge in [0.2, 0.25) is 0 Å². The fourth-order valence-corrected chi connectivity index (χ4v) is 2.00. The van der Waals surface area contributed by atoms with Crippen molar-refractivity contribution in [3.05, 3.63) is 42.1 Å². The summed E-state index contributed by atoms with van der Waals surface area (Å²) in [6.07, 6.45) is 1.80. The van der Waals surface area contributed by atoms with Crippen LogP contribution in [0.5, 0.6) is 5.75 Å². The van der Waals surface area contributed by atoms with Crippen LogP contribution in [0, 0.1) is 0 Å². The SMILES string of the molecule is CN1CC(c2ccccc2)Oc2cn[nH]c21. The van der Waals surface area contributed by atoms with Crippen LogP contribution in [0.2, 0.25) is 0 Å². The number of likely N-dealkylation sites (N-methyl/N-ethyl adjacent to an activating group) is 1. The van der Waals surface area contributed by atoms with E-state index in [-0.39, 0.29) is 6.10 Å². The average Bonchev–Trinajstić information content (AvgIpc) is 2.79. The second kappa shape index (κ2) is 3.56. The van der Waals surface area contributed by atoms with E-state index in [2.05, 4.69) is 27.2 Å². The Morgan fingerprint density at radius 2 is 2.19 bits per heavy atom. The minimum atomic E-state index is 0.0799. The summed E-state index contributed by atoms with van der Waals surface area (Å²) in [5.74, 6) is 1.77. The first kappa shape index (κ1) is 9.27. The summed E-state index contributed by atoms with van der Waals surface area (Å²) >= 11 is 0. The van der Waals surface area contributed by atoms with Gasteiger partial charge in [-0.15, -0.1) is 0 Å². The summed E-state index contributed by atoms with van der Waals surface area (Å²) in [4.78, 5) is 2.13. The highest BCUT2D eigenvalue weighted by Crippen LogP contribution is 2.34. The van der Waals surface area contributed by atoms with Crippen LogP contribution in [0.3, 0.4) is 0 Å². The molecule has 0 fully saturated rings. The molecule has 0 saturated carbocycles. The third-order valence-corrected chi connectivity index (χ3v) is 2.85. The number of benzene rings is 1. The number of H-pyrrole nitrogens is 1. The van der Waals surface area contributed by atoms with E-state index in [1.54, 1.807) is 6.20 Å². The van der Waals surface area contributed by atoms with Crippen LogP contribution in [0.25, 0.3) is 0 Å². The zero-order chi connectivity index (χ0) is 11.0. The molecule has 1 unspecified atom stereocenters. The van der Waals surface area contributed by atoms with Gasteiger partial charge in [-0.3, -0.25) is 5.10 Å². The highest BCUT2D eigenvalue weighted by Gasteiger charge is 2.25. The quantitative estimate of drug-likeness (QED) is 0.790. The Labute approximate surface area is 93.8 Å². The standard InChI is InChI=1S/C12H13N3O/c1-15-8-11(9-5-3-2-4-6-9)16-10-7-13-14-12(10)15/h2-7,11H,8H2,1H3,(H,13,14). The topological polar surface area (TPSA) is 41.1 Å². The maximum Gasteiger partial charge on any atom is 0.182 e. The molecule has 0 saturated heterocycles. The molecule has 1 aliphatic heterocycles. The molecule has 4 nitrogen and oxygen atoms in total. The van der Waals surface area contributed by atoms with Crippen molar-refractivity contribution in [1.82, 2.24) is 10.2 Å².